The zero-order valence-electron chi connectivity index (χ0n) is 13.4. The molecule has 0 radical (unpaired) electrons. The SMILES string of the molecule is CCOC(=O)C(Cn1cccn1)OC(=O)Nc1c(C)cccc1F. The van der Waals surface area contributed by atoms with Crippen LogP contribution in [0.1, 0.15) is 12.5 Å². The van der Waals surface area contributed by atoms with Crippen LogP contribution < -0.4 is 5.32 Å². The van der Waals surface area contributed by atoms with E-state index in [1.807, 2.05) is 0 Å². The third kappa shape index (κ3) is 4.55. The molecule has 0 fully saturated rings. The third-order valence-corrected chi connectivity index (χ3v) is 3.16. The van der Waals surface area contributed by atoms with Crippen molar-refractivity contribution in [1.29, 1.82) is 0 Å². The molecule has 1 aromatic heterocycles. The molecule has 1 heterocycles. The van der Waals surface area contributed by atoms with Crippen molar-refractivity contribution in [3.05, 3.63) is 48.0 Å². The molecule has 0 saturated carbocycles. The first-order valence-electron chi connectivity index (χ1n) is 7.38. The van der Waals surface area contributed by atoms with E-state index in [-0.39, 0.29) is 18.8 Å². The minimum absolute atomic E-state index is 0.00389. The highest BCUT2D eigenvalue weighted by molar-refractivity contribution is 5.88. The van der Waals surface area contributed by atoms with Gasteiger partial charge in [-0.1, -0.05) is 12.1 Å². The van der Waals surface area contributed by atoms with Gasteiger partial charge in [-0.3, -0.25) is 10.00 Å². The number of ether oxygens (including phenoxy) is 2. The van der Waals surface area contributed by atoms with Crippen LogP contribution in [0.2, 0.25) is 0 Å². The smallest absolute Gasteiger partial charge is 0.412 e. The van der Waals surface area contributed by atoms with Gasteiger partial charge in [-0.2, -0.15) is 5.10 Å². The second-order valence-corrected chi connectivity index (χ2v) is 4.93. The van der Waals surface area contributed by atoms with Crippen molar-refractivity contribution >= 4 is 17.7 Å². The lowest BCUT2D eigenvalue weighted by atomic mass is 10.2. The lowest BCUT2D eigenvalue weighted by Gasteiger charge is -2.17. The Morgan fingerprint density at radius 3 is 2.79 bits per heavy atom. The maximum atomic E-state index is 13.8. The van der Waals surface area contributed by atoms with E-state index < -0.39 is 24.0 Å². The fourth-order valence-corrected chi connectivity index (χ4v) is 2.02. The molecule has 7 nitrogen and oxygen atoms in total. The van der Waals surface area contributed by atoms with Crippen molar-refractivity contribution in [2.75, 3.05) is 11.9 Å². The quantitative estimate of drug-likeness (QED) is 0.820. The molecule has 128 valence electrons. The molecule has 24 heavy (non-hydrogen) atoms. The van der Waals surface area contributed by atoms with Crippen LogP contribution in [-0.4, -0.2) is 34.6 Å². The summed E-state index contributed by atoms with van der Waals surface area (Å²) in [7, 11) is 0. The van der Waals surface area contributed by atoms with Crippen LogP contribution in [0.3, 0.4) is 0 Å². The summed E-state index contributed by atoms with van der Waals surface area (Å²) < 4.78 is 25.2. The number of carbonyl (C=O) groups is 2. The Kier molecular flexibility index (Phi) is 5.89. The van der Waals surface area contributed by atoms with Gasteiger partial charge in [0.25, 0.3) is 0 Å². The van der Waals surface area contributed by atoms with Gasteiger partial charge in [0.2, 0.25) is 6.10 Å². The summed E-state index contributed by atoms with van der Waals surface area (Å²) in [6.07, 6.45) is 1.00. The highest BCUT2D eigenvalue weighted by Crippen LogP contribution is 2.19. The zero-order chi connectivity index (χ0) is 17.5. The first-order chi connectivity index (χ1) is 11.5. The van der Waals surface area contributed by atoms with Crippen molar-refractivity contribution in [2.45, 2.75) is 26.5 Å². The van der Waals surface area contributed by atoms with Gasteiger partial charge < -0.3 is 9.47 Å². The van der Waals surface area contributed by atoms with E-state index in [1.165, 1.54) is 23.0 Å². The number of aromatic nitrogens is 2. The predicted octanol–water partition coefficient (Wildman–Crippen LogP) is 2.51. The van der Waals surface area contributed by atoms with Gasteiger partial charge in [0.1, 0.15) is 5.82 Å². The van der Waals surface area contributed by atoms with Crippen molar-refractivity contribution in [3.63, 3.8) is 0 Å². The van der Waals surface area contributed by atoms with E-state index >= 15 is 0 Å². The Bertz CT molecular complexity index is 683. The Morgan fingerprint density at radius 1 is 1.38 bits per heavy atom. The molecule has 0 aliphatic carbocycles. The van der Waals surface area contributed by atoms with Crippen LogP contribution in [-0.2, 0) is 20.8 Å². The molecular weight excluding hydrogens is 317 g/mol. The normalized spacial score (nSPS) is 11.6. The van der Waals surface area contributed by atoms with Gasteiger partial charge in [-0.15, -0.1) is 0 Å². The Morgan fingerprint density at radius 2 is 2.17 bits per heavy atom. The molecule has 0 bridgehead atoms. The van der Waals surface area contributed by atoms with Gasteiger partial charge >= 0.3 is 12.1 Å². The number of hydrogen-bond donors (Lipinski definition) is 1. The predicted molar refractivity (Wildman–Crippen MR) is 83.9 cm³/mol. The number of nitrogens with zero attached hydrogens (tertiary/aromatic N) is 2. The summed E-state index contributed by atoms with van der Waals surface area (Å²) in [5, 5.41) is 6.27. The van der Waals surface area contributed by atoms with Gasteiger partial charge in [0.15, 0.2) is 0 Å². The summed E-state index contributed by atoms with van der Waals surface area (Å²) in [5.74, 6) is -1.29. The third-order valence-electron chi connectivity index (χ3n) is 3.16. The molecule has 1 N–H and O–H groups in total. The number of halogens is 1. The lowest BCUT2D eigenvalue weighted by Crippen LogP contribution is -2.35. The average Bonchev–Trinajstić information content (AvgIpc) is 3.04. The Balaban J connectivity index is 2.07. The molecule has 1 aromatic carbocycles. The van der Waals surface area contributed by atoms with E-state index in [9.17, 15) is 14.0 Å². The molecule has 8 heteroatoms. The maximum absolute atomic E-state index is 13.8. The number of amides is 1. The fourth-order valence-electron chi connectivity index (χ4n) is 2.02. The molecule has 0 saturated heterocycles. The van der Waals surface area contributed by atoms with Crippen molar-refractivity contribution in [1.82, 2.24) is 9.78 Å². The van der Waals surface area contributed by atoms with Crippen molar-refractivity contribution in [3.8, 4) is 0 Å². The Hall–Kier alpha value is -2.90. The average molecular weight is 335 g/mol. The first-order valence-corrected chi connectivity index (χ1v) is 7.38. The minimum atomic E-state index is -1.20. The number of aryl methyl sites for hydroxylation is 1. The van der Waals surface area contributed by atoms with E-state index in [2.05, 4.69) is 10.4 Å². The minimum Gasteiger partial charge on any atom is -0.463 e. The number of hydrogen-bond acceptors (Lipinski definition) is 5. The molecule has 0 aliphatic heterocycles. The van der Waals surface area contributed by atoms with E-state index in [0.29, 0.717) is 5.56 Å². The van der Waals surface area contributed by atoms with Gasteiger partial charge in [-0.25, -0.2) is 14.0 Å². The zero-order valence-corrected chi connectivity index (χ0v) is 13.4. The summed E-state index contributed by atoms with van der Waals surface area (Å²) in [5.41, 5.74) is 0.538. The van der Waals surface area contributed by atoms with Crippen LogP contribution in [0.15, 0.2) is 36.7 Å². The van der Waals surface area contributed by atoms with E-state index in [1.54, 1.807) is 32.2 Å². The molecule has 0 spiro atoms. The fraction of sp³-hybridized carbons (Fsp3) is 0.312. The molecule has 2 rings (SSSR count). The summed E-state index contributed by atoms with van der Waals surface area (Å²) in [6.45, 7) is 3.43. The molecule has 0 aliphatic rings. The van der Waals surface area contributed by atoms with Crippen LogP contribution in [0.25, 0.3) is 0 Å². The van der Waals surface area contributed by atoms with Crippen LogP contribution in [0.5, 0.6) is 0 Å². The largest absolute Gasteiger partial charge is 0.463 e. The number of rotatable bonds is 6. The lowest BCUT2D eigenvalue weighted by molar-refractivity contribution is -0.153. The summed E-state index contributed by atoms with van der Waals surface area (Å²) >= 11 is 0. The molecule has 1 unspecified atom stereocenters. The number of para-hydroxylation sites is 1. The van der Waals surface area contributed by atoms with Gasteiger partial charge in [-0.05, 0) is 31.5 Å². The van der Waals surface area contributed by atoms with Gasteiger partial charge in [0, 0.05) is 12.4 Å². The second kappa shape index (κ2) is 8.09. The van der Waals surface area contributed by atoms with Crippen LogP contribution >= 0.6 is 0 Å². The number of esters is 1. The second-order valence-electron chi connectivity index (χ2n) is 4.93. The highest BCUT2D eigenvalue weighted by atomic mass is 19.1. The molecule has 1 amide bonds. The van der Waals surface area contributed by atoms with Crippen LogP contribution in [0, 0.1) is 12.7 Å². The summed E-state index contributed by atoms with van der Waals surface area (Å²) in [6, 6.07) is 6.06. The first kappa shape index (κ1) is 17.5. The number of nitrogens with one attached hydrogen (secondary N) is 1. The molecule has 1 atom stereocenters. The summed E-state index contributed by atoms with van der Waals surface area (Å²) in [4.78, 5) is 24.0. The number of anilines is 1. The molecular formula is C16H18FN3O4. The molecule has 2 aromatic rings. The van der Waals surface area contributed by atoms with Crippen molar-refractivity contribution in [2.24, 2.45) is 0 Å². The van der Waals surface area contributed by atoms with Gasteiger partial charge in [0.05, 0.1) is 18.8 Å². The topological polar surface area (TPSA) is 82.5 Å². The maximum Gasteiger partial charge on any atom is 0.412 e. The number of benzene rings is 1. The van der Waals surface area contributed by atoms with E-state index in [4.69, 9.17) is 9.47 Å². The van der Waals surface area contributed by atoms with Crippen molar-refractivity contribution < 1.29 is 23.5 Å². The standard InChI is InChI=1S/C16H18FN3O4/c1-3-23-15(21)13(10-20-9-5-8-18-20)24-16(22)19-14-11(2)6-4-7-12(14)17/h4-9,13H,3,10H2,1-2H3,(H,19,22). The monoisotopic (exact) mass is 335 g/mol. The van der Waals surface area contributed by atoms with E-state index in [0.717, 1.165) is 0 Å². The van der Waals surface area contributed by atoms with Crippen LogP contribution in [0.4, 0.5) is 14.9 Å². The Labute approximate surface area is 138 Å². The highest BCUT2D eigenvalue weighted by Gasteiger charge is 2.26. The number of carbonyl (C=O) groups excluding carboxylic acids is 2.